The standard InChI is InChI=1S/C22H20ClN3O3/c1-11(2)18-16-17(20(28)26(19(16)27)13-7-5-6-12(23)10-13)22(25-18)14-8-3-4-9-15(14)24-21(22)29/h3-11,16-18,25H,1-2H3,(H,24,29)/t16-,17-,18-,22-/m0/s1. The van der Waals surface area contributed by atoms with Crippen molar-refractivity contribution in [1.29, 1.82) is 0 Å². The first-order chi connectivity index (χ1) is 13.9. The minimum absolute atomic E-state index is 0.0542. The summed E-state index contributed by atoms with van der Waals surface area (Å²) in [6.07, 6.45) is 0. The molecule has 0 unspecified atom stereocenters. The SMILES string of the molecule is CC(C)[C@@H]1N[C@]2(C(=O)Nc3ccccc32)[C@@H]2C(=O)N(c3cccc(Cl)c3)C(=O)[C@@H]21. The van der Waals surface area contributed by atoms with E-state index in [-0.39, 0.29) is 29.7 Å². The van der Waals surface area contributed by atoms with Crippen LogP contribution in [0.15, 0.2) is 48.5 Å². The third-order valence-corrected chi connectivity index (χ3v) is 6.58. The second-order valence-corrected chi connectivity index (χ2v) is 8.65. The molecule has 2 fully saturated rings. The van der Waals surface area contributed by atoms with Crippen LogP contribution in [0.1, 0.15) is 19.4 Å². The van der Waals surface area contributed by atoms with Gasteiger partial charge in [0.15, 0.2) is 0 Å². The first-order valence-corrected chi connectivity index (χ1v) is 10.1. The zero-order valence-corrected chi connectivity index (χ0v) is 16.7. The van der Waals surface area contributed by atoms with Crippen molar-refractivity contribution in [3.8, 4) is 0 Å². The maximum absolute atomic E-state index is 13.6. The predicted molar refractivity (Wildman–Crippen MR) is 109 cm³/mol. The summed E-state index contributed by atoms with van der Waals surface area (Å²) < 4.78 is 0. The molecule has 0 bridgehead atoms. The molecule has 2 saturated heterocycles. The van der Waals surface area contributed by atoms with Gasteiger partial charge in [-0.3, -0.25) is 19.7 Å². The summed E-state index contributed by atoms with van der Waals surface area (Å²) in [6.45, 7) is 3.98. The molecule has 1 spiro atoms. The predicted octanol–water partition coefficient (Wildman–Crippen LogP) is 2.92. The first kappa shape index (κ1) is 18.3. The summed E-state index contributed by atoms with van der Waals surface area (Å²) in [5.74, 6) is -2.33. The third kappa shape index (κ3) is 2.30. The smallest absolute Gasteiger partial charge is 0.250 e. The van der Waals surface area contributed by atoms with Gasteiger partial charge in [0, 0.05) is 22.3 Å². The zero-order valence-electron chi connectivity index (χ0n) is 16.0. The van der Waals surface area contributed by atoms with Gasteiger partial charge < -0.3 is 5.32 Å². The highest BCUT2D eigenvalue weighted by Crippen LogP contribution is 2.54. The minimum atomic E-state index is -1.25. The van der Waals surface area contributed by atoms with Gasteiger partial charge in [0.05, 0.1) is 17.5 Å². The molecule has 5 rings (SSSR count). The maximum Gasteiger partial charge on any atom is 0.250 e. The number of anilines is 2. The van der Waals surface area contributed by atoms with E-state index in [0.717, 1.165) is 5.56 Å². The average molecular weight is 410 g/mol. The third-order valence-electron chi connectivity index (χ3n) is 6.34. The fraction of sp³-hybridized carbons (Fsp3) is 0.318. The Morgan fingerprint density at radius 3 is 2.52 bits per heavy atom. The van der Waals surface area contributed by atoms with Crippen molar-refractivity contribution in [2.75, 3.05) is 10.2 Å². The second-order valence-electron chi connectivity index (χ2n) is 8.22. The van der Waals surface area contributed by atoms with Crippen molar-refractivity contribution in [3.05, 3.63) is 59.1 Å². The molecular formula is C22H20ClN3O3. The van der Waals surface area contributed by atoms with Crippen molar-refractivity contribution in [2.24, 2.45) is 17.8 Å². The molecule has 0 aromatic heterocycles. The number of para-hydroxylation sites is 1. The fourth-order valence-corrected chi connectivity index (χ4v) is 5.32. The normalized spacial score (nSPS) is 30.3. The Hall–Kier alpha value is -2.70. The summed E-state index contributed by atoms with van der Waals surface area (Å²) >= 11 is 6.10. The number of carbonyl (C=O) groups excluding carboxylic acids is 3. The van der Waals surface area contributed by atoms with Gasteiger partial charge in [-0.1, -0.05) is 49.7 Å². The number of nitrogens with one attached hydrogen (secondary N) is 2. The Bertz CT molecular complexity index is 1070. The lowest BCUT2D eigenvalue weighted by atomic mass is 9.76. The van der Waals surface area contributed by atoms with Gasteiger partial charge in [-0.2, -0.15) is 0 Å². The number of rotatable bonds is 2. The number of fused-ring (bicyclic) bond motifs is 4. The molecular weight excluding hydrogens is 390 g/mol. The Labute approximate surface area is 173 Å². The van der Waals surface area contributed by atoms with Crippen molar-refractivity contribution in [2.45, 2.75) is 25.4 Å². The van der Waals surface area contributed by atoms with Crippen LogP contribution in [0.4, 0.5) is 11.4 Å². The van der Waals surface area contributed by atoms with E-state index in [1.165, 1.54) is 4.90 Å². The molecule has 6 nitrogen and oxygen atoms in total. The molecule has 2 aromatic carbocycles. The summed E-state index contributed by atoms with van der Waals surface area (Å²) in [7, 11) is 0. The number of hydrogen-bond donors (Lipinski definition) is 2. The van der Waals surface area contributed by atoms with E-state index in [2.05, 4.69) is 10.6 Å². The highest BCUT2D eigenvalue weighted by molar-refractivity contribution is 6.31. The van der Waals surface area contributed by atoms with Crippen LogP contribution in [0.2, 0.25) is 5.02 Å². The zero-order chi connectivity index (χ0) is 20.5. The van der Waals surface area contributed by atoms with E-state index in [1.807, 2.05) is 38.1 Å². The quantitative estimate of drug-likeness (QED) is 0.747. The summed E-state index contributed by atoms with van der Waals surface area (Å²) in [5.41, 5.74) is 0.578. The molecule has 0 saturated carbocycles. The lowest BCUT2D eigenvalue weighted by molar-refractivity contribution is -0.130. The van der Waals surface area contributed by atoms with Crippen molar-refractivity contribution < 1.29 is 14.4 Å². The lowest BCUT2D eigenvalue weighted by Gasteiger charge is -2.30. The van der Waals surface area contributed by atoms with Gasteiger partial charge >= 0.3 is 0 Å². The van der Waals surface area contributed by atoms with Gasteiger partial charge in [0.2, 0.25) is 17.7 Å². The molecule has 4 atom stereocenters. The lowest BCUT2D eigenvalue weighted by Crippen LogP contribution is -2.54. The molecule has 2 aromatic rings. The van der Waals surface area contributed by atoms with Crippen LogP contribution in [0, 0.1) is 17.8 Å². The number of benzene rings is 2. The van der Waals surface area contributed by atoms with E-state index in [0.29, 0.717) is 16.4 Å². The van der Waals surface area contributed by atoms with Crippen LogP contribution in [0.25, 0.3) is 0 Å². The van der Waals surface area contributed by atoms with Crippen LogP contribution in [0.5, 0.6) is 0 Å². The Morgan fingerprint density at radius 2 is 1.79 bits per heavy atom. The maximum atomic E-state index is 13.6. The minimum Gasteiger partial charge on any atom is -0.324 e. The second kappa shape index (κ2) is 6.15. The van der Waals surface area contributed by atoms with Crippen LogP contribution < -0.4 is 15.5 Å². The van der Waals surface area contributed by atoms with Gasteiger partial charge in [0.1, 0.15) is 5.54 Å². The summed E-state index contributed by atoms with van der Waals surface area (Å²) in [4.78, 5) is 41.5. The molecule has 0 radical (unpaired) electrons. The van der Waals surface area contributed by atoms with Crippen molar-refractivity contribution >= 4 is 40.7 Å². The number of carbonyl (C=O) groups is 3. The molecule has 0 aliphatic carbocycles. The number of hydrogen-bond acceptors (Lipinski definition) is 4. The van der Waals surface area contributed by atoms with Gasteiger partial charge in [0.25, 0.3) is 0 Å². The fourth-order valence-electron chi connectivity index (χ4n) is 5.13. The molecule has 7 heteroatoms. The molecule has 3 aliphatic rings. The highest BCUT2D eigenvalue weighted by atomic mass is 35.5. The molecule has 148 valence electrons. The Morgan fingerprint density at radius 1 is 1.03 bits per heavy atom. The summed E-state index contributed by atoms with van der Waals surface area (Å²) in [6, 6.07) is 13.7. The molecule has 2 N–H and O–H groups in total. The number of nitrogens with zero attached hydrogens (tertiary/aromatic N) is 1. The van der Waals surface area contributed by atoms with Gasteiger partial charge in [-0.05, 0) is 30.2 Å². The van der Waals surface area contributed by atoms with Crippen LogP contribution in [0.3, 0.4) is 0 Å². The van der Waals surface area contributed by atoms with Crippen molar-refractivity contribution in [1.82, 2.24) is 5.32 Å². The van der Waals surface area contributed by atoms with E-state index in [9.17, 15) is 14.4 Å². The number of imide groups is 1. The van der Waals surface area contributed by atoms with E-state index >= 15 is 0 Å². The largest absolute Gasteiger partial charge is 0.324 e. The molecule has 3 aliphatic heterocycles. The monoisotopic (exact) mass is 409 g/mol. The van der Waals surface area contributed by atoms with Crippen LogP contribution in [-0.2, 0) is 19.9 Å². The van der Waals surface area contributed by atoms with Crippen molar-refractivity contribution in [3.63, 3.8) is 0 Å². The molecule has 29 heavy (non-hydrogen) atoms. The Balaban J connectivity index is 1.70. The number of amides is 3. The molecule has 3 amide bonds. The van der Waals surface area contributed by atoms with Gasteiger partial charge in [-0.15, -0.1) is 0 Å². The number of halogens is 1. The van der Waals surface area contributed by atoms with E-state index < -0.39 is 17.4 Å². The van der Waals surface area contributed by atoms with Gasteiger partial charge in [-0.25, -0.2) is 4.90 Å². The van der Waals surface area contributed by atoms with E-state index in [4.69, 9.17) is 11.6 Å². The van der Waals surface area contributed by atoms with E-state index in [1.54, 1.807) is 24.3 Å². The highest BCUT2D eigenvalue weighted by Gasteiger charge is 2.70. The van der Waals surface area contributed by atoms with Crippen LogP contribution >= 0.6 is 11.6 Å². The summed E-state index contributed by atoms with van der Waals surface area (Å²) in [5, 5.41) is 6.75. The molecule has 3 heterocycles. The topological polar surface area (TPSA) is 78.5 Å². The average Bonchev–Trinajstić information content (AvgIpc) is 3.27. The Kier molecular flexibility index (Phi) is 3.89. The van der Waals surface area contributed by atoms with Crippen LogP contribution in [-0.4, -0.2) is 23.8 Å². The first-order valence-electron chi connectivity index (χ1n) is 9.68.